The standard InChI is InChI=1S/C24H22ClN3O3S/c1-27(24(30)22-4-3-13-32-22)15-23(29)28-21(17-5-9-18(25)10-6-17)14-20(26-28)16-7-11-19(31-2)12-8-16/h3-13,21H,14-15H2,1-2H3. The summed E-state index contributed by atoms with van der Waals surface area (Å²) in [6, 6.07) is 18.3. The highest BCUT2D eigenvalue weighted by molar-refractivity contribution is 7.12. The van der Waals surface area contributed by atoms with E-state index in [-0.39, 0.29) is 24.4 Å². The van der Waals surface area contributed by atoms with Gasteiger partial charge in [0.2, 0.25) is 0 Å². The Kier molecular flexibility index (Phi) is 6.58. The van der Waals surface area contributed by atoms with Crippen LogP contribution in [0.3, 0.4) is 0 Å². The predicted octanol–water partition coefficient (Wildman–Crippen LogP) is 4.86. The van der Waals surface area contributed by atoms with Gasteiger partial charge in [0.15, 0.2) is 0 Å². The van der Waals surface area contributed by atoms with Crippen LogP contribution in [0.2, 0.25) is 5.02 Å². The molecule has 3 aromatic rings. The van der Waals surface area contributed by atoms with E-state index in [4.69, 9.17) is 16.3 Å². The van der Waals surface area contributed by atoms with E-state index in [1.54, 1.807) is 32.4 Å². The smallest absolute Gasteiger partial charge is 0.264 e. The molecular formula is C24H22ClN3O3S. The summed E-state index contributed by atoms with van der Waals surface area (Å²) < 4.78 is 5.24. The van der Waals surface area contributed by atoms with E-state index in [0.29, 0.717) is 16.3 Å². The van der Waals surface area contributed by atoms with Gasteiger partial charge in [0.25, 0.3) is 11.8 Å². The molecular weight excluding hydrogens is 446 g/mol. The van der Waals surface area contributed by atoms with Gasteiger partial charge in [0.05, 0.1) is 23.7 Å². The number of carbonyl (C=O) groups is 2. The van der Waals surface area contributed by atoms with Gasteiger partial charge in [-0.2, -0.15) is 5.10 Å². The van der Waals surface area contributed by atoms with Gasteiger partial charge < -0.3 is 9.64 Å². The van der Waals surface area contributed by atoms with Gasteiger partial charge in [-0.3, -0.25) is 9.59 Å². The van der Waals surface area contributed by atoms with Gasteiger partial charge in [-0.25, -0.2) is 5.01 Å². The van der Waals surface area contributed by atoms with Crippen molar-refractivity contribution in [3.05, 3.63) is 87.1 Å². The largest absolute Gasteiger partial charge is 0.497 e. The van der Waals surface area contributed by atoms with Crippen LogP contribution in [0, 0.1) is 0 Å². The first kappa shape index (κ1) is 22.0. The summed E-state index contributed by atoms with van der Waals surface area (Å²) in [5.41, 5.74) is 2.65. The Bertz CT molecular complexity index is 1130. The normalized spacial score (nSPS) is 15.4. The lowest BCUT2D eigenvalue weighted by atomic mass is 9.98. The molecule has 6 nitrogen and oxygen atoms in total. The number of thiophene rings is 1. The number of hydrogen-bond donors (Lipinski definition) is 0. The molecule has 0 saturated heterocycles. The molecule has 0 N–H and O–H groups in total. The van der Waals surface area contributed by atoms with Crippen molar-refractivity contribution < 1.29 is 14.3 Å². The Labute approximate surface area is 195 Å². The van der Waals surface area contributed by atoms with Gasteiger partial charge in [-0.05, 0) is 59.0 Å². The number of ether oxygens (including phenoxy) is 1. The molecule has 8 heteroatoms. The van der Waals surface area contributed by atoms with E-state index < -0.39 is 0 Å². The lowest BCUT2D eigenvalue weighted by molar-refractivity contribution is -0.133. The van der Waals surface area contributed by atoms with E-state index in [0.717, 1.165) is 22.6 Å². The first-order chi connectivity index (χ1) is 15.5. The topological polar surface area (TPSA) is 62.2 Å². The van der Waals surface area contributed by atoms with Crippen LogP contribution in [0.4, 0.5) is 0 Å². The lowest BCUT2D eigenvalue weighted by Crippen LogP contribution is -2.39. The highest BCUT2D eigenvalue weighted by Crippen LogP contribution is 2.34. The van der Waals surface area contributed by atoms with Gasteiger partial charge in [0, 0.05) is 18.5 Å². The zero-order chi connectivity index (χ0) is 22.7. The van der Waals surface area contributed by atoms with Gasteiger partial charge in [-0.15, -0.1) is 11.3 Å². The van der Waals surface area contributed by atoms with E-state index in [1.807, 2.05) is 47.8 Å². The second-order valence-corrected chi connectivity index (χ2v) is 8.81. The molecule has 2 heterocycles. The first-order valence-corrected chi connectivity index (χ1v) is 11.3. The van der Waals surface area contributed by atoms with Crippen molar-refractivity contribution in [2.75, 3.05) is 20.7 Å². The number of hydrazone groups is 1. The molecule has 0 fully saturated rings. The Balaban J connectivity index is 1.59. The summed E-state index contributed by atoms with van der Waals surface area (Å²) in [6.45, 7) is -0.0692. The van der Waals surface area contributed by atoms with E-state index >= 15 is 0 Å². The molecule has 0 aliphatic carbocycles. The quantitative estimate of drug-likeness (QED) is 0.520. The molecule has 1 unspecified atom stereocenters. The number of carbonyl (C=O) groups excluding carboxylic acids is 2. The molecule has 4 rings (SSSR count). The van der Waals surface area contributed by atoms with Gasteiger partial charge in [-0.1, -0.05) is 29.8 Å². The molecule has 1 aromatic heterocycles. The summed E-state index contributed by atoms with van der Waals surface area (Å²) in [4.78, 5) is 27.9. The third kappa shape index (κ3) is 4.69. The van der Waals surface area contributed by atoms with Crippen LogP contribution in [-0.4, -0.2) is 48.1 Å². The Hall–Kier alpha value is -3.16. The number of likely N-dealkylation sites (N-methyl/N-ethyl adjacent to an activating group) is 1. The molecule has 1 atom stereocenters. The number of halogens is 1. The summed E-state index contributed by atoms with van der Waals surface area (Å²) in [7, 11) is 3.24. The van der Waals surface area contributed by atoms with Crippen molar-refractivity contribution >= 4 is 40.5 Å². The fourth-order valence-electron chi connectivity index (χ4n) is 3.58. The van der Waals surface area contributed by atoms with Crippen molar-refractivity contribution in [3.63, 3.8) is 0 Å². The molecule has 0 spiro atoms. The number of methoxy groups -OCH3 is 1. The molecule has 1 aliphatic heterocycles. The maximum absolute atomic E-state index is 13.2. The number of nitrogens with zero attached hydrogens (tertiary/aromatic N) is 3. The monoisotopic (exact) mass is 467 g/mol. The summed E-state index contributed by atoms with van der Waals surface area (Å²) in [5, 5.41) is 8.61. The predicted molar refractivity (Wildman–Crippen MR) is 126 cm³/mol. The van der Waals surface area contributed by atoms with Crippen LogP contribution in [0.5, 0.6) is 5.75 Å². The Morgan fingerprint density at radius 2 is 1.88 bits per heavy atom. The average molecular weight is 468 g/mol. The van der Waals surface area contributed by atoms with Gasteiger partial charge >= 0.3 is 0 Å². The van der Waals surface area contributed by atoms with Crippen LogP contribution in [0.1, 0.15) is 33.3 Å². The van der Waals surface area contributed by atoms with Crippen molar-refractivity contribution in [1.29, 1.82) is 0 Å². The van der Waals surface area contributed by atoms with Crippen molar-refractivity contribution in [3.8, 4) is 5.75 Å². The summed E-state index contributed by atoms with van der Waals surface area (Å²) >= 11 is 7.41. The first-order valence-electron chi connectivity index (χ1n) is 10.0. The van der Waals surface area contributed by atoms with Crippen LogP contribution >= 0.6 is 22.9 Å². The summed E-state index contributed by atoms with van der Waals surface area (Å²) in [6.07, 6.45) is 0.558. The maximum Gasteiger partial charge on any atom is 0.264 e. The minimum Gasteiger partial charge on any atom is -0.497 e. The van der Waals surface area contributed by atoms with Crippen LogP contribution < -0.4 is 4.74 Å². The fourth-order valence-corrected chi connectivity index (χ4v) is 4.42. The highest BCUT2D eigenvalue weighted by atomic mass is 35.5. The molecule has 2 amide bonds. The fraction of sp³-hybridized carbons (Fsp3) is 0.208. The number of amides is 2. The van der Waals surface area contributed by atoms with Crippen molar-refractivity contribution in [2.24, 2.45) is 5.10 Å². The lowest BCUT2D eigenvalue weighted by Gasteiger charge is -2.24. The molecule has 0 radical (unpaired) electrons. The minimum absolute atomic E-state index is 0.0692. The third-order valence-corrected chi connectivity index (χ3v) is 6.40. The molecule has 0 bridgehead atoms. The van der Waals surface area contributed by atoms with E-state index in [2.05, 4.69) is 5.10 Å². The molecule has 32 heavy (non-hydrogen) atoms. The van der Waals surface area contributed by atoms with Crippen molar-refractivity contribution in [2.45, 2.75) is 12.5 Å². The minimum atomic E-state index is -0.276. The molecule has 1 aliphatic rings. The highest BCUT2D eigenvalue weighted by Gasteiger charge is 2.34. The molecule has 2 aromatic carbocycles. The Morgan fingerprint density at radius 1 is 1.16 bits per heavy atom. The van der Waals surface area contributed by atoms with E-state index in [9.17, 15) is 9.59 Å². The maximum atomic E-state index is 13.2. The number of hydrogen-bond acceptors (Lipinski definition) is 5. The number of benzene rings is 2. The van der Waals surface area contributed by atoms with Crippen LogP contribution in [0.15, 0.2) is 71.1 Å². The Morgan fingerprint density at radius 3 is 2.50 bits per heavy atom. The average Bonchev–Trinajstić information content (AvgIpc) is 3.50. The van der Waals surface area contributed by atoms with Crippen LogP contribution in [-0.2, 0) is 4.79 Å². The second kappa shape index (κ2) is 9.54. The van der Waals surface area contributed by atoms with E-state index in [1.165, 1.54) is 21.2 Å². The zero-order valence-corrected chi connectivity index (χ0v) is 19.3. The zero-order valence-electron chi connectivity index (χ0n) is 17.7. The second-order valence-electron chi connectivity index (χ2n) is 7.42. The van der Waals surface area contributed by atoms with Crippen molar-refractivity contribution in [1.82, 2.24) is 9.91 Å². The molecule has 164 valence electrons. The summed E-state index contributed by atoms with van der Waals surface area (Å²) in [5.74, 6) is 0.319. The number of rotatable bonds is 6. The van der Waals surface area contributed by atoms with Crippen LogP contribution in [0.25, 0.3) is 0 Å². The molecule has 0 saturated carbocycles. The third-order valence-electron chi connectivity index (χ3n) is 5.30. The van der Waals surface area contributed by atoms with Gasteiger partial charge in [0.1, 0.15) is 12.3 Å². The SMILES string of the molecule is COc1ccc(C2=NN(C(=O)CN(C)C(=O)c3cccs3)C(c3ccc(Cl)cc3)C2)cc1.